The van der Waals surface area contributed by atoms with Gasteiger partial charge in [0.2, 0.25) is 5.91 Å². The Bertz CT molecular complexity index is 1050. The van der Waals surface area contributed by atoms with Crippen LogP contribution in [0.15, 0.2) is 24.7 Å². The van der Waals surface area contributed by atoms with Gasteiger partial charge in [-0.2, -0.15) is 5.26 Å². The van der Waals surface area contributed by atoms with E-state index in [1.165, 1.54) is 0 Å². The number of rotatable bonds is 2. The number of amides is 1. The van der Waals surface area contributed by atoms with Crippen molar-refractivity contribution in [1.29, 1.82) is 5.26 Å². The summed E-state index contributed by atoms with van der Waals surface area (Å²) in [4.78, 5) is 27.0. The van der Waals surface area contributed by atoms with E-state index in [1.54, 1.807) is 0 Å². The van der Waals surface area contributed by atoms with Gasteiger partial charge >= 0.3 is 0 Å². The Kier molecular flexibility index (Phi) is 3.14. The molecular formula is C19H20N6O. The molecule has 7 nitrogen and oxygen atoms in total. The molecule has 0 spiro atoms. The number of hydrogen-bond acceptors (Lipinski definition) is 4. The average Bonchev–Trinajstić information content (AvgIpc) is 3.11. The second-order valence-electron chi connectivity index (χ2n) is 7.66. The Hall–Kier alpha value is -2.88. The molecule has 5 rings (SSSR count). The summed E-state index contributed by atoms with van der Waals surface area (Å²) in [6, 6.07) is 4.24. The first kappa shape index (κ1) is 15.4. The minimum absolute atomic E-state index is 0.00576. The summed E-state index contributed by atoms with van der Waals surface area (Å²) in [5, 5.41) is 9.37. The van der Waals surface area contributed by atoms with Crippen LogP contribution in [0, 0.1) is 22.7 Å². The molecule has 2 aliphatic rings. The fourth-order valence-electron chi connectivity index (χ4n) is 4.15. The predicted molar refractivity (Wildman–Crippen MR) is 95.2 cm³/mol. The molecule has 26 heavy (non-hydrogen) atoms. The maximum absolute atomic E-state index is 12.8. The Labute approximate surface area is 150 Å². The first-order chi connectivity index (χ1) is 12.6. The molecule has 0 bridgehead atoms. The molecular weight excluding hydrogens is 328 g/mol. The van der Waals surface area contributed by atoms with E-state index >= 15 is 0 Å². The minimum Gasteiger partial charge on any atom is -0.345 e. The number of fused-ring (bicyclic) bond motifs is 3. The number of imidazole rings is 1. The predicted octanol–water partition coefficient (Wildman–Crippen LogP) is 2.47. The summed E-state index contributed by atoms with van der Waals surface area (Å²) < 4.78 is 2.14. The number of nitrogens with zero attached hydrogens (tertiary/aromatic N) is 5. The van der Waals surface area contributed by atoms with E-state index in [2.05, 4.69) is 27.4 Å². The lowest BCUT2D eigenvalue weighted by Gasteiger charge is -2.37. The van der Waals surface area contributed by atoms with Crippen molar-refractivity contribution >= 4 is 22.6 Å². The molecule has 2 atom stereocenters. The molecule has 1 saturated carbocycles. The molecule has 2 unspecified atom stereocenters. The number of piperidine rings is 1. The Morgan fingerprint density at radius 2 is 2.19 bits per heavy atom. The number of nitrogens with one attached hydrogen (secondary N) is 1. The average molecular weight is 348 g/mol. The Balaban J connectivity index is 1.54. The second-order valence-corrected chi connectivity index (χ2v) is 7.66. The number of nitriles is 1. The highest BCUT2D eigenvalue weighted by Crippen LogP contribution is 2.47. The normalized spacial score (nSPS) is 24.7. The molecule has 3 aromatic heterocycles. The topological polar surface area (TPSA) is 90.1 Å². The third-order valence-electron chi connectivity index (χ3n) is 6.04. The molecule has 2 fully saturated rings. The van der Waals surface area contributed by atoms with Crippen molar-refractivity contribution in [3.05, 3.63) is 30.5 Å². The van der Waals surface area contributed by atoms with Gasteiger partial charge in [-0.05, 0) is 31.2 Å². The van der Waals surface area contributed by atoms with E-state index in [1.807, 2.05) is 29.6 Å². The highest BCUT2D eigenvalue weighted by Gasteiger charge is 2.53. The van der Waals surface area contributed by atoms with Gasteiger partial charge in [0.05, 0.1) is 29.5 Å². The van der Waals surface area contributed by atoms with Crippen molar-refractivity contribution in [3.63, 3.8) is 0 Å². The number of carbonyl (C=O) groups excluding carboxylic acids is 1. The largest absolute Gasteiger partial charge is 0.345 e. The van der Waals surface area contributed by atoms with E-state index in [9.17, 15) is 10.1 Å². The van der Waals surface area contributed by atoms with Gasteiger partial charge in [0.15, 0.2) is 5.65 Å². The molecule has 4 heterocycles. The van der Waals surface area contributed by atoms with Gasteiger partial charge in [0.1, 0.15) is 11.2 Å². The molecule has 1 aliphatic carbocycles. The van der Waals surface area contributed by atoms with Crippen LogP contribution in [0.4, 0.5) is 0 Å². The zero-order valence-corrected chi connectivity index (χ0v) is 14.6. The highest BCUT2D eigenvalue weighted by atomic mass is 16.2. The van der Waals surface area contributed by atoms with Crippen molar-refractivity contribution in [2.45, 2.75) is 32.1 Å². The number of aromatic amines is 1. The van der Waals surface area contributed by atoms with Gasteiger partial charge in [-0.3, -0.25) is 9.20 Å². The standard InChI is InChI=1S/C19H20N6O/c1-12-3-7-24(18(26)19(11-20)4-5-19)10-14(12)17-23-9-13-8-22-16-15(25(13)17)2-6-21-16/h2,6,8-9,12,14,21H,3-5,7,10H2,1H3. The van der Waals surface area contributed by atoms with E-state index in [0.29, 0.717) is 25.3 Å². The van der Waals surface area contributed by atoms with E-state index in [4.69, 9.17) is 4.98 Å². The maximum atomic E-state index is 12.8. The molecule has 1 amide bonds. The monoisotopic (exact) mass is 348 g/mol. The Morgan fingerprint density at radius 3 is 2.96 bits per heavy atom. The van der Waals surface area contributed by atoms with Crippen molar-refractivity contribution in [3.8, 4) is 6.07 Å². The number of likely N-dealkylation sites (tertiary alicyclic amines) is 1. The fraction of sp³-hybridized carbons (Fsp3) is 0.474. The van der Waals surface area contributed by atoms with Crippen molar-refractivity contribution < 1.29 is 4.79 Å². The van der Waals surface area contributed by atoms with Gasteiger partial charge < -0.3 is 9.88 Å². The molecule has 1 aliphatic heterocycles. The van der Waals surface area contributed by atoms with Crippen LogP contribution in [0.5, 0.6) is 0 Å². The van der Waals surface area contributed by atoms with E-state index in [-0.39, 0.29) is 11.8 Å². The lowest BCUT2D eigenvalue weighted by molar-refractivity contribution is -0.136. The van der Waals surface area contributed by atoms with Crippen LogP contribution >= 0.6 is 0 Å². The first-order valence-corrected chi connectivity index (χ1v) is 9.13. The molecule has 3 aromatic rings. The summed E-state index contributed by atoms with van der Waals surface area (Å²) in [6.07, 6.45) is 7.86. The Morgan fingerprint density at radius 1 is 1.38 bits per heavy atom. The van der Waals surface area contributed by atoms with Crippen LogP contribution in [-0.2, 0) is 4.79 Å². The zero-order chi connectivity index (χ0) is 17.9. The highest BCUT2D eigenvalue weighted by molar-refractivity contribution is 5.88. The number of carbonyl (C=O) groups is 1. The molecule has 7 heteroatoms. The summed E-state index contributed by atoms with van der Waals surface area (Å²) in [7, 11) is 0. The summed E-state index contributed by atoms with van der Waals surface area (Å²) in [6.45, 7) is 3.57. The molecule has 1 saturated heterocycles. The van der Waals surface area contributed by atoms with Crippen molar-refractivity contribution in [2.75, 3.05) is 13.1 Å². The maximum Gasteiger partial charge on any atom is 0.243 e. The second kappa shape index (κ2) is 5.31. The quantitative estimate of drug-likeness (QED) is 0.770. The summed E-state index contributed by atoms with van der Waals surface area (Å²) in [5.41, 5.74) is 2.03. The summed E-state index contributed by atoms with van der Waals surface area (Å²) in [5.74, 6) is 1.54. The van der Waals surface area contributed by atoms with E-state index in [0.717, 1.165) is 35.5 Å². The van der Waals surface area contributed by atoms with Gasteiger partial charge in [-0.25, -0.2) is 9.97 Å². The zero-order valence-electron chi connectivity index (χ0n) is 14.6. The number of H-pyrrole nitrogens is 1. The lowest BCUT2D eigenvalue weighted by Crippen LogP contribution is -2.45. The van der Waals surface area contributed by atoms with Gasteiger partial charge in [0, 0.05) is 25.2 Å². The van der Waals surface area contributed by atoms with Crippen LogP contribution in [0.3, 0.4) is 0 Å². The number of aromatic nitrogens is 4. The SMILES string of the molecule is CC1CCN(C(=O)C2(C#N)CC2)CC1c1ncc2cnc3[nH]ccc3n12. The van der Waals surface area contributed by atoms with Gasteiger partial charge in [-0.1, -0.05) is 6.92 Å². The van der Waals surface area contributed by atoms with Gasteiger partial charge in [0.25, 0.3) is 0 Å². The van der Waals surface area contributed by atoms with Crippen LogP contribution in [0.25, 0.3) is 16.7 Å². The van der Waals surface area contributed by atoms with Crippen LogP contribution < -0.4 is 0 Å². The third kappa shape index (κ3) is 2.08. The smallest absolute Gasteiger partial charge is 0.243 e. The molecule has 0 radical (unpaired) electrons. The minimum atomic E-state index is -0.752. The number of hydrogen-bond donors (Lipinski definition) is 1. The molecule has 132 valence electrons. The van der Waals surface area contributed by atoms with Crippen LogP contribution in [0.1, 0.15) is 37.9 Å². The van der Waals surface area contributed by atoms with E-state index < -0.39 is 5.41 Å². The molecule has 1 N–H and O–H groups in total. The summed E-state index contributed by atoms with van der Waals surface area (Å²) >= 11 is 0. The van der Waals surface area contributed by atoms with Crippen LogP contribution in [0.2, 0.25) is 0 Å². The van der Waals surface area contributed by atoms with Crippen molar-refractivity contribution in [2.24, 2.45) is 11.3 Å². The lowest BCUT2D eigenvalue weighted by atomic mass is 9.85. The first-order valence-electron chi connectivity index (χ1n) is 9.13. The fourth-order valence-corrected chi connectivity index (χ4v) is 4.15. The van der Waals surface area contributed by atoms with Crippen molar-refractivity contribution in [1.82, 2.24) is 24.3 Å². The van der Waals surface area contributed by atoms with Gasteiger partial charge in [-0.15, -0.1) is 0 Å². The molecule has 0 aromatic carbocycles. The van der Waals surface area contributed by atoms with Crippen LogP contribution in [-0.4, -0.2) is 43.2 Å². The third-order valence-corrected chi connectivity index (χ3v) is 6.04.